The number of carbonyl (C=O) groups is 2. The highest BCUT2D eigenvalue weighted by Crippen LogP contribution is 2.34. The number of aliphatic hydroxyl groups excluding tert-OH is 6. The smallest absolute Gasteiger partial charge is 0.308 e. The predicted octanol–water partition coefficient (Wildman–Crippen LogP) is 3.67. The van der Waals surface area contributed by atoms with E-state index in [1.165, 1.54) is 0 Å². The van der Waals surface area contributed by atoms with Crippen molar-refractivity contribution >= 4 is 11.8 Å². The Morgan fingerprint density at radius 2 is 1.25 bits per heavy atom. The van der Waals surface area contributed by atoms with Gasteiger partial charge in [0.2, 0.25) is 0 Å². The maximum atomic E-state index is 13.0. The zero-order valence-electron chi connectivity index (χ0n) is 35.6. The number of rotatable bonds is 2. The first-order chi connectivity index (χ1) is 28.5. The van der Waals surface area contributed by atoms with E-state index in [2.05, 4.69) is 0 Å². The molecule has 3 heterocycles. The zero-order valence-corrected chi connectivity index (χ0v) is 35.6. The van der Waals surface area contributed by atoms with Crippen LogP contribution in [0.15, 0.2) is 85.1 Å². The summed E-state index contributed by atoms with van der Waals surface area (Å²) >= 11 is 0. The average Bonchev–Trinajstić information content (AvgIpc) is 3.17. The molecular formula is C46H71NO13. The van der Waals surface area contributed by atoms with Gasteiger partial charge in [0.25, 0.3) is 0 Å². The minimum Gasteiger partial charge on any atom is -0.462 e. The number of aliphatic hydroxyl groups is 7. The molecule has 2 saturated heterocycles. The molecule has 3 aliphatic heterocycles. The fourth-order valence-corrected chi connectivity index (χ4v) is 7.47. The summed E-state index contributed by atoms with van der Waals surface area (Å²) in [6.07, 6.45) is 17.0. The molecule has 0 radical (unpaired) electrons. The van der Waals surface area contributed by atoms with Crippen molar-refractivity contribution < 1.29 is 64.3 Å². The Labute approximate surface area is 355 Å². The number of Topliss-reactive ketones (excluding diaryl/α,β-unsaturated/α-hetero) is 1. The second-order valence-corrected chi connectivity index (χ2v) is 16.6. The van der Waals surface area contributed by atoms with Crippen LogP contribution < -0.4 is 5.73 Å². The van der Waals surface area contributed by atoms with E-state index >= 15 is 0 Å². The van der Waals surface area contributed by atoms with Crippen molar-refractivity contribution in [1.29, 1.82) is 0 Å². The highest BCUT2D eigenvalue weighted by atomic mass is 16.7. The van der Waals surface area contributed by atoms with Crippen LogP contribution in [-0.2, 0) is 28.5 Å². The highest BCUT2D eigenvalue weighted by Gasteiger charge is 2.44. The Kier molecular flexibility index (Phi) is 22.5. The van der Waals surface area contributed by atoms with Crippen LogP contribution in [0.5, 0.6) is 0 Å². The first-order valence-electron chi connectivity index (χ1n) is 21.4. The molecule has 15 atom stereocenters. The van der Waals surface area contributed by atoms with Crippen LogP contribution in [0.4, 0.5) is 0 Å². The summed E-state index contributed by atoms with van der Waals surface area (Å²) in [6, 6.07) is -1.01. The highest BCUT2D eigenvalue weighted by molar-refractivity contribution is 5.79. The molecule has 6 unspecified atom stereocenters. The number of hydrogen-bond donors (Lipinski definition) is 8. The molecule has 2 bridgehead atoms. The lowest BCUT2D eigenvalue weighted by atomic mass is 9.89. The van der Waals surface area contributed by atoms with E-state index in [1.807, 2.05) is 74.6 Å². The van der Waals surface area contributed by atoms with Gasteiger partial charge in [-0.2, -0.15) is 0 Å². The Morgan fingerprint density at radius 1 is 0.683 bits per heavy atom. The number of hydrogen-bond acceptors (Lipinski definition) is 14. The lowest BCUT2D eigenvalue weighted by Crippen LogP contribution is -2.61. The molecule has 2 fully saturated rings. The minimum absolute atomic E-state index is 0.0678. The van der Waals surface area contributed by atoms with Crippen LogP contribution in [0.25, 0.3) is 0 Å². The molecule has 0 aromatic heterocycles. The van der Waals surface area contributed by atoms with Gasteiger partial charge in [-0.05, 0) is 52.4 Å². The van der Waals surface area contributed by atoms with Crippen LogP contribution in [0, 0.1) is 11.8 Å². The van der Waals surface area contributed by atoms with Gasteiger partial charge in [0.05, 0.1) is 67.7 Å². The molecule has 0 saturated carbocycles. The summed E-state index contributed by atoms with van der Waals surface area (Å²) in [4.78, 5) is 25.6. The Hall–Kier alpha value is -3.12. The predicted molar refractivity (Wildman–Crippen MR) is 227 cm³/mol. The molecule has 60 heavy (non-hydrogen) atoms. The number of ether oxygens (including phenoxy) is 4. The van der Waals surface area contributed by atoms with E-state index in [1.54, 1.807) is 38.2 Å². The third kappa shape index (κ3) is 18.5. The molecule has 338 valence electrons. The van der Waals surface area contributed by atoms with Gasteiger partial charge in [0.15, 0.2) is 12.1 Å². The summed E-state index contributed by atoms with van der Waals surface area (Å²) in [5.74, 6) is -3.38. The number of esters is 1. The van der Waals surface area contributed by atoms with Crippen molar-refractivity contribution in [2.24, 2.45) is 17.6 Å². The van der Waals surface area contributed by atoms with Crippen LogP contribution in [0.3, 0.4) is 0 Å². The molecule has 0 aliphatic carbocycles. The molecular weight excluding hydrogens is 775 g/mol. The van der Waals surface area contributed by atoms with Gasteiger partial charge in [-0.15, -0.1) is 0 Å². The van der Waals surface area contributed by atoms with Crippen molar-refractivity contribution in [3.63, 3.8) is 0 Å². The van der Waals surface area contributed by atoms with Crippen molar-refractivity contribution in [1.82, 2.24) is 0 Å². The molecule has 14 heteroatoms. The second-order valence-electron chi connectivity index (χ2n) is 16.6. The molecule has 0 amide bonds. The van der Waals surface area contributed by atoms with Gasteiger partial charge in [0, 0.05) is 31.1 Å². The molecule has 3 aliphatic rings. The number of carbonyl (C=O) groups excluding carboxylic acids is 2. The third-order valence-electron chi connectivity index (χ3n) is 11.2. The standard InChI is InChI=1S/C46H71NO13/c1-30-19-15-13-11-9-7-5-6-8-10-12-14-16-24-38(59-45-44(55)41(47)43(54)33(4)58-45)27-39-25-37(51)29-46(56,60-39)28-36(50)23-18-21-34(48)20-17-22-35(49)26-40(52)57-32(3)31(2)42(30)53/h5-16,19,24,30-35,37-39,41-45,48-49,51,53-56H,17-18,20-23,25-29,47H2,1-4H3/t30-,31-,32-,33?,34-,35+,37+,38-,39?,41?,42+,43?,44?,45?,46+/m0/s1. The summed E-state index contributed by atoms with van der Waals surface area (Å²) in [7, 11) is 0. The van der Waals surface area contributed by atoms with Gasteiger partial charge in [-0.1, -0.05) is 98.9 Å². The van der Waals surface area contributed by atoms with E-state index in [-0.39, 0.29) is 62.6 Å². The first-order valence-corrected chi connectivity index (χ1v) is 21.4. The third-order valence-corrected chi connectivity index (χ3v) is 11.2. The van der Waals surface area contributed by atoms with E-state index < -0.39 is 85.1 Å². The molecule has 9 N–H and O–H groups in total. The molecule has 0 spiro atoms. The largest absolute Gasteiger partial charge is 0.462 e. The molecule has 14 nitrogen and oxygen atoms in total. The van der Waals surface area contributed by atoms with Crippen LogP contribution in [-0.4, -0.2) is 127 Å². The number of cyclic esters (lactones) is 1. The number of nitrogens with two attached hydrogens (primary N) is 1. The zero-order chi connectivity index (χ0) is 44.2. The van der Waals surface area contributed by atoms with Crippen LogP contribution >= 0.6 is 0 Å². The maximum Gasteiger partial charge on any atom is 0.308 e. The fraction of sp³-hybridized carbons (Fsp3) is 0.652. The minimum atomic E-state index is -1.93. The normalized spacial score (nSPS) is 39.7. The topological polar surface area (TPSA) is 239 Å². The first kappa shape index (κ1) is 51.2. The van der Waals surface area contributed by atoms with Gasteiger partial charge in [0.1, 0.15) is 18.0 Å². The van der Waals surface area contributed by atoms with E-state index in [4.69, 9.17) is 24.7 Å². The monoisotopic (exact) mass is 845 g/mol. The van der Waals surface area contributed by atoms with Gasteiger partial charge >= 0.3 is 5.97 Å². The van der Waals surface area contributed by atoms with Crippen molar-refractivity contribution in [2.45, 2.75) is 177 Å². The number of fused-ring (bicyclic) bond motifs is 2. The lowest BCUT2D eigenvalue weighted by molar-refractivity contribution is -0.292. The summed E-state index contributed by atoms with van der Waals surface area (Å²) in [6.45, 7) is 7.03. The van der Waals surface area contributed by atoms with Crippen molar-refractivity contribution in [2.75, 3.05) is 0 Å². The Morgan fingerprint density at radius 3 is 1.88 bits per heavy atom. The van der Waals surface area contributed by atoms with Crippen LogP contribution in [0.2, 0.25) is 0 Å². The number of ketones is 1. The maximum absolute atomic E-state index is 13.0. The Bertz CT molecular complexity index is 1510. The summed E-state index contributed by atoms with van der Waals surface area (Å²) < 4.78 is 23.5. The second kappa shape index (κ2) is 26.4. The van der Waals surface area contributed by atoms with Gasteiger partial charge < -0.3 is 60.4 Å². The molecule has 0 aromatic carbocycles. The van der Waals surface area contributed by atoms with E-state index in [0.717, 1.165) is 0 Å². The summed E-state index contributed by atoms with van der Waals surface area (Å²) in [5, 5.41) is 75.0. The van der Waals surface area contributed by atoms with E-state index in [0.29, 0.717) is 25.7 Å². The molecule has 0 aromatic rings. The molecule has 3 rings (SSSR count). The van der Waals surface area contributed by atoms with E-state index in [9.17, 15) is 45.3 Å². The van der Waals surface area contributed by atoms with Crippen LogP contribution in [0.1, 0.15) is 98.3 Å². The van der Waals surface area contributed by atoms with Crippen molar-refractivity contribution in [3.05, 3.63) is 85.1 Å². The van der Waals surface area contributed by atoms with Crippen molar-refractivity contribution in [3.8, 4) is 0 Å². The van der Waals surface area contributed by atoms with Gasteiger partial charge in [-0.3, -0.25) is 9.59 Å². The fourth-order valence-electron chi connectivity index (χ4n) is 7.47. The number of allylic oxidation sites excluding steroid dienone is 12. The lowest BCUT2D eigenvalue weighted by Gasteiger charge is -2.42. The summed E-state index contributed by atoms with van der Waals surface area (Å²) in [5.41, 5.74) is 6.04. The SMILES string of the molecule is CC1OC(O[C@H]2C=CC=CC=CC=CC=CC=CC=C[C@H](C)[C@@H](O)[C@@H](C)[C@H](C)OC(=O)C[C@H](O)CCC[C@H](O)CCCC(=O)C[C@]3(O)C[C@H](O)CC(C2)O3)C(O)C(N)C1O. The Balaban J connectivity index is 1.74. The average molecular weight is 846 g/mol. The van der Waals surface area contributed by atoms with Gasteiger partial charge in [-0.25, -0.2) is 0 Å². The quantitative estimate of drug-likeness (QED) is 0.185.